The molecule has 0 aromatic heterocycles. The molecule has 0 aliphatic heterocycles. The maximum absolute atomic E-state index is 12.4. The third-order valence-electron chi connectivity index (χ3n) is 4.26. The zero-order chi connectivity index (χ0) is 20.0. The summed E-state index contributed by atoms with van der Waals surface area (Å²) in [4.78, 5) is 33.7. The van der Waals surface area contributed by atoms with E-state index in [0.29, 0.717) is 0 Å². The van der Waals surface area contributed by atoms with Crippen LogP contribution >= 0.6 is 0 Å². The fourth-order valence-electron chi connectivity index (χ4n) is 2.92. The molecule has 2 N–H and O–H groups in total. The molecule has 2 rings (SSSR count). The van der Waals surface area contributed by atoms with E-state index in [2.05, 4.69) is 5.32 Å². The molecular formula is C20H22N2O5. The van der Waals surface area contributed by atoms with Crippen LogP contribution in [0.4, 0.5) is 5.69 Å². The van der Waals surface area contributed by atoms with Gasteiger partial charge in [0.25, 0.3) is 5.69 Å². The standard InChI is InChI=1S/C20H22N2O5/c1-13-3-6-16(14(2)9-13)11-19(23)21-17(12-20(24)25)10-15-4-7-18(8-5-15)22(26)27/h3-9,17H,10-12H2,1-2H3,(H,21,23)(H,24,25)/t17-/m0/s1. The molecule has 0 saturated carbocycles. The van der Waals surface area contributed by atoms with Crippen molar-refractivity contribution in [3.8, 4) is 0 Å². The van der Waals surface area contributed by atoms with E-state index in [1.54, 1.807) is 12.1 Å². The predicted molar refractivity (Wildman–Crippen MR) is 101 cm³/mol. The Balaban J connectivity index is 2.05. The van der Waals surface area contributed by atoms with Crippen LogP contribution in [0.25, 0.3) is 0 Å². The van der Waals surface area contributed by atoms with Crippen LogP contribution in [-0.2, 0) is 22.4 Å². The molecule has 0 aliphatic carbocycles. The van der Waals surface area contributed by atoms with Crippen molar-refractivity contribution in [2.75, 3.05) is 0 Å². The lowest BCUT2D eigenvalue weighted by molar-refractivity contribution is -0.384. The molecule has 0 saturated heterocycles. The van der Waals surface area contributed by atoms with Gasteiger partial charge in [0.1, 0.15) is 0 Å². The first-order chi connectivity index (χ1) is 12.7. The van der Waals surface area contributed by atoms with Crippen LogP contribution in [0.5, 0.6) is 0 Å². The second-order valence-corrected chi connectivity index (χ2v) is 6.60. The van der Waals surface area contributed by atoms with Crippen LogP contribution in [0.3, 0.4) is 0 Å². The molecule has 2 aromatic rings. The minimum atomic E-state index is -1.02. The fourth-order valence-corrected chi connectivity index (χ4v) is 2.92. The summed E-state index contributed by atoms with van der Waals surface area (Å²) >= 11 is 0. The van der Waals surface area contributed by atoms with E-state index in [1.165, 1.54) is 12.1 Å². The third kappa shape index (κ3) is 6.22. The smallest absolute Gasteiger partial charge is 0.305 e. The first-order valence-corrected chi connectivity index (χ1v) is 8.55. The van der Waals surface area contributed by atoms with Crippen molar-refractivity contribution in [1.82, 2.24) is 5.32 Å². The number of aliphatic carboxylic acids is 1. The van der Waals surface area contributed by atoms with Crippen LogP contribution in [0.15, 0.2) is 42.5 Å². The minimum Gasteiger partial charge on any atom is -0.481 e. The Morgan fingerprint density at radius 1 is 1.15 bits per heavy atom. The Morgan fingerprint density at radius 2 is 1.81 bits per heavy atom. The molecule has 1 amide bonds. The molecule has 0 heterocycles. The van der Waals surface area contributed by atoms with Gasteiger partial charge in [-0.1, -0.05) is 35.9 Å². The highest BCUT2D eigenvalue weighted by molar-refractivity contribution is 5.80. The molecule has 1 atom stereocenters. The van der Waals surface area contributed by atoms with Crippen molar-refractivity contribution in [3.63, 3.8) is 0 Å². The van der Waals surface area contributed by atoms with Gasteiger partial charge in [-0.05, 0) is 37.0 Å². The number of hydrogen-bond donors (Lipinski definition) is 2. The van der Waals surface area contributed by atoms with Crippen molar-refractivity contribution in [1.29, 1.82) is 0 Å². The number of nitro groups is 1. The topological polar surface area (TPSA) is 110 Å². The lowest BCUT2D eigenvalue weighted by Crippen LogP contribution is -2.39. The SMILES string of the molecule is Cc1ccc(CC(=O)N[C@H](CC(=O)O)Cc2ccc([N+](=O)[O-])cc2)c(C)c1. The number of aryl methyl sites for hydroxylation is 2. The van der Waals surface area contributed by atoms with E-state index in [9.17, 15) is 19.7 Å². The van der Waals surface area contributed by atoms with Gasteiger partial charge in [-0.3, -0.25) is 19.7 Å². The molecule has 0 fully saturated rings. The average molecular weight is 370 g/mol. The molecule has 142 valence electrons. The highest BCUT2D eigenvalue weighted by atomic mass is 16.6. The minimum absolute atomic E-state index is 0.0348. The number of hydrogen-bond acceptors (Lipinski definition) is 4. The number of amides is 1. The van der Waals surface area contributed by atoms with E-state index in [0.717, 1.165) is 22.3 Å². The molecule has 0 aliphatic rings. The van der Waals surface area contributed by atoms with E-state index in [4.69, 9.17) is 5.11 Å². The van der Waals surface area contributed by atoms with Gasteiger partial charge >= 0.3 is 5.97 Å². The van der Waals surface area contributed by atoms with E-state index in [1.807, 2.05) is 32.0 Å². The maximum atomic E-state index is 12.4. The van der Waals surface area contributed by atoms with Gasteiger partial charge in [0.2, 0.25) is 5.91 Å². The van der Waals surface area contributed by atoms with Gasteiger partial charge in [0.15, 0.2) is 0 Å². The number of rotatable bonds is 8. The zero-order valence-corrected chi connectivity index (χ0v) is 15.3. The Hall–Kier alpha value is -3.22. The molecular weight excluding hydrogens is 348 g/mol. The Morgan fingerprint density at radius 3 is 2.37 bits per heavy atom. The summed E-state index contributed by atoms with van der Waals surface area (Å²) in [6.07, 6.45) is 0.223. The Labute approximate surface area is 157 Å². The Kier molecular flexibility index (Phi) is 6.65. The van der Waals surface area contributed by atoms with Crippen LogP contribution in [-0.4, -0.2) is 27.9 Å². The summed E-state index contributed by atoms with van der Waals surface area (Å²) in [7, 11) is 0. The highest BCUT2D eigenvalue weighted by Crippen LogP contribution is 2.15. The number of carbonyl (C=O) groups is 2. The van der Waals surface area contributed by atoms with Crippen LogP contribution in [0, 0.1) is 24.0 Å². The van der Waals surface area contributed by atoms with Gasteiger partial charge in [0.05, 0.1) is 17.8 Å². The number of non-ortho nitro benzene ring substituents is 1. The molecule has 0 radical (unpaired) electrons. The monoisotopic (exact) mass is 370 g/mol. The molecule has 27 heavy (non-hydrogen) atoms. The van der Waals surface area contributed by atoms with Gasteiger partial charge in [-0.15, -0.1) is 0 Å². The molecule has 2 aromatic carbocycles. The number of carboxylic acids is 1. The molecule has 7 nitrogen and oxygen atoms in total. The van der Waals surface area contributed by atoms with Crippen LogP contribution in [0.2, 0.25) is 0 Å². The van der Waals surface area contributed by atoms with Crippen LogP contribution in [0.1, 0.15) is 28.7 Å². The van der Waals surface area contributed by atoms with Crippen molar-refractivity contribution in [2.45, 2.75) is 39.2 Å². The first-order valence-electron chi connectivity index (χ1n) is 8.55. The van der Waals surface area contributed by atoms with Gasteiger partial charge in [0, 0.05) is 18.2 Å². The quantitative estimate of drug-likeness (QED) is 0.548. The van der Waals surface area contributed by atoms with Crippen molar-refractivity contribution < 1.29 is 19.6 Å². The highest BCUT2D eigenvalue weighted by Gasteiger charge is 2.18. The Bertz CT molecular complexity index is 846. The molecule has 0 spiro atoms. The summed E-state index contributed by atoms with van der Waals surface area (Å²) in [6.45, 7) is 3.91. The maximum Gasteiger partial charge on any atom is 0.305 e. The normalized spacial score (nSPS) is 11.6. The van der Waals surface area contributed by atoms with Gasteiger partial charge in [-0.25, -0.2) is 0 Å². The summed E-state index contributed by atoms with van der Waals surface area (Å²) in [5.74, 6) is -1.27. The number of carbonyl (C=O) groups excluding carboxylic acids is 1. The number of nitrogens with zero attached hydrogens (tertiary/aromatic N) is 1. The van der Waals surface area contributed by atoms with Gasteiger partial charge < -0.3 is 10.4 Å². The predicted octanol–water partition coefficient (Wildman–Crippen LogP) is 2.96. The molecule has 0 bridgehead atoms. The van der Waals surface area contributed by atoms with Crippen molar-refractivity contribution in [3.05, 3.63) is 74.8 Å². The molecule has 7 heteroatoms. The second kappa shape index (κ2) is 8.93. The van der Waals surface area contributed by atoms with E-state index in [-0.39, 0.29) is 30.9 Å². The number of carboxylic acid groups (broad SMARTS) is 1. The number of benzene rings is 2. The van der Waals surface area contributed by atoms with E-state index >= 15 is 0 Å². The van der Waals surface area contributed by atoms with E-state index < -0.39 is 16.9 Å². The lowest BCUT2D eigenvalue weighted by atomic mass is 10.0. The van der Waals surface area contributed by atoms with Crippen LogP contribution < -0.4 is 5.32 Å². The third-order valence-corrected chi connectivity index (χ3v) is 4.26. The molecule has 0 unspecified atom stereocenters. The summed E-state index contributed by atoms with van der Waals surface area (Å²) in [5.41, 5.74) is 3.70. The fraction of sp³-hybridized carbons (Fsp3) is 0.300. The summed E-state index contributed by atoms with van der Waals surface area (Å²) in [6, 6.07) is 11.1. The number of nitro benzene ring substituents is 1. The van der Waals surface area contributed by atoms with Gasteiger partial charge in [-0.2, -0.15) is 0 Å². The van der Waals surface area contributed by atoms with Crippen molar-refractivity contribution in [2.24, 2.45) is 0 Å². The van der Waals surface area contributed by atoms with Crippen molar-refractivity contribution >= 4 is 17.6 Å². The second-order valence-electron chi connectivity index (χ2n) is 6.60. The first kappa shape index (κ1) is 20.1. The summed E-state index contributed by atoms with van der Waals surface area (Å²) < 4.78 is 0. The largest absolute Gasteiger partial charge is 0.481 e. The number of nitrogens with one attached hydrogen (secondary N) is 1. The lowest BCUT2D eigenvalue weighted by Gasteiger charge is -2.18. The zero-order valence-electron chi connectivity index (χ0n) is 15.3. The average Bonchev–Trinajstić information content (AvgIpc) is 2.57. The summed E-state index contributed by atoms with van der Waals surface area (Å²) in [5, 5.41) is 22.6.